The highest BCUT2D eigenvalue weighted by molar-refractivity contribution is 5.79. The second-order valence-corrected chi connectivity index (χ2v) is 7.67. The summed E-state index contributed by atoms with van der Waals surface area (Å²) in [6, 6.07) is 6.28. The van der Waals surface area contributed by atoms with E-state index in [-0.39, 0.29) is 5.54 Å². The minimum atomic E-state index is 0.0906. The third kappa shape index (κ3) is 7.17. The number of nitrogens with zero attached hydrogens (tertiary/aromatic N) is 2. The van der Waals surface area contributed by atoms with Crippen LogP contribution in [0.2, 0.25) is 0 Å². The molecule has 0 atom stereocenters. The number of benzene rings is 1. The number of hydrogen-bond acceptors (Lipinski definition) is 5. The smallest absolute Gasteiger partial charge is 0.191 e. The maximum absolute atomic E-state index is 5.94. The van der Waals surface area contributed by atoms with Crippen molar-refractivity contribution in [2.45, 2.75) is 38.8 Å². The van der Waals surface area contributed by atoms with E-state index >= 15 is 0 Å². The minimum absolute atomic E-state index is 0.0906. The molecular weight excluding hydrogens is 368 g/mol. The topological polar surface area (TPSA) is 67.4 Å². The third-order valence-electron chi connectivity index (χ3n) is 5.54. The number of aryl methyl sites for hydroxylation is 1. The van der Waals surface area contributed by atoms with Gasteiger partial charge in [0.25, 0.3) is 0 Å². The first-order valence-electron chi connectivity index (χ1n) is 10.5. The predicted octanol–water partition coefficient (Wildman–Crippen LogP) is 2.19. The molecule has 0 bridgehead atoms. The molecule has 1 saturated heterocycles. The maximum Gasteiger partial charge on any atom is 0.191 e. The zero-order chi connectivity index (χ0) is 21.1. The molecule has 1 aliphatic rings. The number of likely N-dealkylation sites (N-methyl/N-ethyl adjacent to an activating group) is 1. The molecule has 0 aromatic heterocycles. The lowest BCUT2D eigenvalue weighted by molar-refractivity contribution is -0.00501. The van der Waals surface area contributed by atoms with E-state index in [1.807, 2.05) is 6.92 Å². The van der Waals surface area contributed by atoms with Crippen LogP contribution >= 0.6 is 0 Å². The van der Waals surface area contributed by atoms with Gasteiger partial charge in [-0.3, -0.25) is 4.99 Å². The third-order valence-corrected chi connectivity index (χ3v) is 5.54. The number of aliphatic imine (C=N–C) groups is 1. The van der Waals surface area contributed by atoms with Crippen molar-refractivity contribution in [2.24, 2.45) is 4.99 Å². The Labute approximate surface area is 175 Å². The molecule has 1 aromatic carbocycles. The van der Waals surface area contributed by atoms with Gasteiger partial charge in [-0.1, -0.05) is 12.1 Å². The molecular formula is C22H38N4O3. The van der Waals surface area contributed by atoms with Crippen molar-refractivity contribution in [1.82, 2.24) is 15.5 Å². The predicted molar refractivity (Wildman–Crippen MR) is 118 cm³/mol. The molecule has 0 unspecified atom stereocenters. The van der Waals surface area contributed by atoms with Crippen molar-refractivity contribution in [1.29, 1.82) is 0 Å². The number of rotatable bonds is 10. The van der Waals surface area contributed by atoms with Gasteiger partial charge in [-0.25, -0.2) is 0 Å². The molecule has 164 valence electrons. The van der Waals surface area contributed by atoms with Crippen LogP contribution < -0.4 is 15.4 Å². The molecule has 0 spiro atoms. The van der Waals surface area contributed by atoms with E-state index in [0.29, 0.717) is 26.4 Å². The van der Waals surface area contributed by atoms with Crippen molar-refractivity contribution in [2.75, 3.05) is 60.7 Å². The highest BCUT2D eigenvalue weighted by Gasteiger charge is 2.34. The van der Waals surface area contributed by atoms with Crippen molar-refractivity contribution in [3.63, 3.8) is 0 Å². The molecule has 1 aromatic rings. The van der Waals surface area contributed by atoms with E-state index in [9.17, 15) is 0 Å². The fourth-order valence-corrected chi connectivity index (χ4v) is 3.48. The fourth-order valence-electron chi connectivity index (χ4n) is 3.48. The summed E-state index contributed by atoms with van der Waals surface area (Å²) in [4.78, 5) is 6.70. The Hall–Kier alpha value is -1.83. The van der Waals surface area contributed by atoms with Gasteiger partial charge in [0.15, 0.2) is 5.96 Å². The van der Waals surface area contributed by atoms with Gasteiger partial charge >= 0.3 is 0 Å². The van der Waals surface area contributed by atoms with E-state index in [0.717, 1.165) is 49.9 Å². The SMILES string of the molecule is CCOCCOc1cc(C)ccc1CNC(=NC)NCC1(N(C)C)CCOCC1. The van der Waals surface area contributed by atoms with E-state index < -0.39 is 0 Å². The Morgan fingerprint density at radius 1 is 1.21 bits per heavy atom. The number of hydrogen-bond donors (Lipinski definition) is 2. The van der Waals surface area contributed by atoms with E-state index in [4.69, 9.17) is 14.2 Å². The first kappa shape index (κ1) is 23.4. The van der Waals surface area contributed by atoms with Crippen LogP contribution in [0, 0.1) is 6.92 Å². The van der Waals surface area contributed by atoms with Gasteiger partial charge in [0.05, 0.1) is 6.61 Å². The number of ether oxygens (including phenoxy) is 3. The average molecular weight is 407 g/mol. The van der Waals surface area contributed by atoms with Crippen LogP contribution in [0.1, 0.15) is 30.9 Å². The van der Waals surface area contributed by atoms with Crippen LogP contribution in [0.25, 0.3) is 0 Å². The monoisotopic (exact) mass is 406 g/mol. The summed E-state index contributed by atoms with van der Waals surface area (Å²) in [7, 11) is 6.08. The van der Waals surface area contributed by atoms with Crippen molar-refractivity contribution < 1.29 is 14.2 Å². The second-order valence-electron chi connectivity index (χ2n) is 7.67. The summed E-state index contributed by atoms with van der Waals surface area (Å²) >= 11 is 0. The maximum atomic E-state index is 5.94. The van der Waals surface area contributed by atoms with Gasteiger partial charge in [-0.2, -0.15) is 0 Å². The van der Waals surface area contributed by atoms with Crippen molar-refractivity contribution in [3.8, 4) is 5.75 Å². The summed E-state index contributed by atoms with van der Waals surface area (Å²) in [6.45, 7) is 8.98. The lowest BCUT2D eigenvalue weighted by Crippen LogP contribution is -2.57. The highest BCUT2D eigenvalue weighted by atomic mass is 16.5. The van der Waals surface area contributed by atoms with E-state index in [1.165, 1.54) is 5.56 Å². The molecule has 1 fully saturated rings. The molecule has 0 saturated carbocycles. The molecule has 7 nitrogen and oxygen atoms in total. The lowest BCUT2D eigenvalue weighted by Gasteiger charge is -2.43. The lowest BCUT2D eigenvalue weighted by atomic mass is 9.88. The van der Waals surface area contributed by atoms with Gasteiger partial charge in [-0.15, -0.1) is 0 Å². The zero-order valence-electron chi connectivity index (χ0n) is 18.7. The average Bonchev–Trinajstić information content (AvgIpc) is 2.73. The van der Waals surface area contributed by atoms with Crippen LogP contribution in [0.4, 0.5) is 0 Å². The van der Waals surface area contributed by atoms with Crippen LogP contribution in [-0.2, 0) is 16.0 Å². The van der Waals surface area contributed by atoms with Gasteiger partial charge in [0.1, 0.15) is 12.4 Å². The molecule has 29 heavy (non-hydrogen) atoms. The van der Waals surface area contributed by atoms with Crippen LogP contribution in [0.15, 0.2) is 23.2 Å². The van der Waals surface area contributed by atoms with E-state index in [1.54, 1.807) is 7.05 Å². The molecule has 2 rings (SSSR count). The normalized spacial score (nSPS) is 16.7. The van der Waals surface area contributed by atoms with Gasteiger partial charge in [0, 0.05) is 51.1 Å². The van der Waals surface area contributed by atoms with Crippen molar-refractivity contribution in [3.05, 3.63) is 29.3 Å². The second kappa shape index (κ2) is 12.0. The standard InChI is InChI=1S/C22H38N4O3/c1-6-27-13-14-29-20-15-18(2)7-8-19(20)16-24-21(23-3)25-17-22(26(4)5)9-11-28-12-10-22/h7-8,15H,6,9-14,16-17H2,1-5H3,(H2,23,24,25). The highest BCUT2D eigenvalue weighted by Crippen LogP contribution is 2.25. The fraction of sp³-hybridized carbons (Fsp3) is 0.682. The molecule has 7 heteroatoms. The minimum Gasteiger partial charge on any atom is -0.491 e. The molecule has 0 radical (unpaired) electrons. The Kier molecular flexibility index (Phi) is 9.70. The first-order chi connectivity index (χ1) is 14.0. The molecule has 1 heterocycles. The Balaban J connectivity index is 1.93. The first-order valence-corrected chi connectivity index (χ1v) is 10.5. The largest absolute Gasteiger partial charge is 0.491 e. The number of guanidine groups is 1. The van der Waals surface area contributed by atoms with Gasteiger partial charge in [0.2, 0.25) is 0 Å². The van der Waals surface area contributed by atoms with Crippen LogP contribution in [0.3, 0.4) is 0 Å². The Morgan fingerprint density at radius 3 is 2.62 bits per heavy atom. The summed E-state index contributed by atoms with van der Waals surface area (Å²) in [5, 5.41) is 6.92. The zero-order valence-corrected chi connectivity index (χ0v) is 18.7. The quantitative estimate of drug-likeness (QED) is 0.353. The summed E-state index contributed by atoms with van der Waals surface area (Å²) in [5.74, 6) is 1.68. The van der Waals surface area contributed by atoms with Gasteiger partial charge < -0.3 is 29.7 Å². The molecule has 2 N–H and O–H groups in total. The van der Waals surface area contributed by atoms with E-state index in [2.05, 4.69) is 59.7 Å². The molecule has 0 aliphatic carbocycles. The van der Waals surface area contributed by atoms with Crippen LogP contribution in [0.5, 0.6) is 5.75 Å². The molecule has 0 amide bonds. The summed E-state index contributed by atoms with van der Waals surface area (Å²) in [5.41, 5.74) is 2.37. The Bertz CT molecular complexity index is 643. The number of nitrogens with one attached hydrogen (secondary N) is 2. The summed E-state index contributed by atoms with van der Waals surface area (Å²) < 4.78 is 16.9. The van der Waals surface area contributed by atoms with Gasteiger partial charge in [-0.05, 0) is 52.4 Å². The Morgan fingerprint density at radius 2 is 1.97 bits per heavy atom. The van der Waals surface area contributed by atoms with Crippen molar-refractivity contribution >= 4 is 5.96 Å². The summed E-state index contributed by atoms with van der Waals surface area (Å²) in [6.07, 6.45) is 2.03. The van der Waals surface area contributed by atoms with Crippen LogP contribution in [-0.4, -0.2) is 77.1 Å². The molecule has 1 aliphatic heterocycles.